The Morgan fingerprint density at radius 2 is 1.75 bits per heavy atom. The predicted molar refractivity (Wildman–Crippen MR) is 91.6 cm³/mol. The Labute approximate surface area is 146 Å². The molecule has 1 atom stereocenters. The molecular weight excluding hydrogens is 332 g/mol. The van der Waals surface area contributed by atoms with Crippen LogP contribution in [-0.4, -0.2) is 40.4 Å². The highest BCUT2D eigenvalue weighted by atomic mass is 35.5. The molecule has 0 saturated heterocycles. The fourth-order valence-electron chi connectivity index (χ4n) is 1.93. The minimum Gasteiger partial charge on any atom is -0.480 e. The van der Waals surface area contributed by atoms with Crippen molar-refractivity contribution in [3.05, 3.63) is 34.9 Å². The lowest BCUT2D eigenvalue weighted by atomic mass is 9.95. The highest BCUT2D eigenvalue weighted by Gasteiger charge is 2.28. The Morgan fingerprint density at radius 1 is 1.21 bits per heavy atom. The standard InChI is InChI=1S/C17H23ClN2O4/c1-11(19-16(24)17(2,3)4)15(23)20(10-14(21)22)9-12-5-7-13(18)8-6-12/h5-8,11H,9-10H2,1-4H3,(H,19,24)(H,21,22). The lowest BCUT2D eigenvalue weighted by Crippen LogP contribution is -2.50. The Hall–Kier alpha value is -2.08. The van der Waals surface area contributed by atoms with Gasteiger partial charge < -0.3 is 15.3 Å². The molecular formula is C17H23ClN2O4. The predicted octanol–water partition coefficient (Wildman–Crippen LogP) is 2.30. The van der Waals surface area contributed by atoms with Crippen LogP contribution in [0.25, 0.3) is 0 Å². The first-order valence-electron chi connectivity index (χ1n) is 7.56. The van der Waals surface area contributed by atoms with E-state index in [9.17, 15) is 14.4 Å². The van der Waals surface area contributed by atoms with E-state index >= 15 is 0 Å². The number of hydrogen-bond donors (Lipinski definition) is 2. The third-order valence-corrected chi connectivity index (χ3v) is 3.58. The molecule has 0 spiro atoms. The summed E-state index contributed by atoms with van der Waals surface area (Å²) in [5, 5.41) is 12.2. The van der Waals surface area contributed by atoms with Gasteiger partial charge in [0.15, 0.2) is 0 Å². The number of carboxylic acids is 1. The van der Waals surface area contributed by atoms with E-state index in [1.54, 1.807) is 52.0 Å². The van der Waals surface area contributed by atoms with Crippen molar-refractivity contribution in [3.63, 3.8) is 0 Å². The third kappa shape index (κ3) is 6.20. The summed E-state index contributed by atoms with van der Waals surface area (Å²) >= 11 is 5.82. The fourth-order valence-corrected chi connectivity index (χ4v) is 2.06. The van der Waals surface area contributed by atoms with E-state index in [1.165, 1.54) is 4.90 Å². The highest BCUT2D eigenvalue weighted by Crippen LogP contribution is 2.14. The van der Waals surface area contributed by atoms with Gasteiger partial charge in [0.05, 0.1) is 0 Å². The molecule has 1 unspecified atom stereocenters. The van der Waals surface area contributed by atoms with Crippen LogP contribution >= 0.6 is 11.6 Å². The number of carboxylic acid groups (broad SMARTS) is 1. The normalized spacial score (nSPS) is 12.4. The summed E-state index contributed by atoms with van der Waals surface area (Å²) in [5.74, 6) is -1.85. The lowest BCUT2D eigenvalue weighted by Gasteiger charge is -2.27. The van der Waals surface area contributed by atoms with Crippen LogP contribution in [0.2, 0.25) is 5.02 Å². The third-order valence-electron chi connectivity index (χ3n) is 3.32. The van der Waals surface area contributed by atoms with Gasteiger partial charge in [0.1, 0.15) is 12.6 Å². The van der Waals surface area contributed by atoms with Crippen LogP contribution in [0.3, 0.4) is 0 Å². The minimum absolute atomic E-state index is 0.123. The number of nitrogens with one attached hydrogen (secondary N) is 1. The zero-order valence-electron chi connectivity index (χ0n) is 14.3. The first kappa shape index (κ1) is 20.0. The van der Waals surface area contributed by atoms with Crippen LogP contribution in [0.1, 0.15) is 33.3 Å². The van der Waals surface area contributed by atoms with Crippen LogP contribution in [0, 0.1) is 5.41 Å². The van der Waals surface area contributed by atoms with Crippen LogP contribution in [0.15, 0.2) is 24.3 Å². The maximum Gasteiger partial charge on any atom is 0.323 e. The summed E-state index contributed by atoms with van der Waals surface area (Å²) in [4.78, 5) is 36.8. The van der Waals surface area contributed by atoms with Gasteiger partial charge in [0.25, 0.3) is 0 Å². The van der Waals surface area contributed by atoms with E-state index < -0.39 is 29.9 Å². The van der Waals surface area contributed by atoms with E-state index in [1.807, 2.05) is 0 Å². The van der Waals surface area contributed by atoms with E-state index in [-0.39, 0.29) is 12.5 Å². The molecule has 0 aliphatic rings. The molecule has 1 aromatic rings. The summed E-state index contributed by atoms with van der Waals surface area (Å²) in [6.45, 7) is 6.44. The highest BCUT2D eigenvalue weighted by molar-refractivity contribution is 6.30. The van der Waals surface area contributed by atoms with Crippen LogP contribution in [0.4, 0.5) is 0 Å². The van der Waals surface area contributed by atoms with Crippen LogP contribution in [0.5, 0.6) is 0 Å². The molecule has 132 valence electrons. The summed E-state index contributed by atoms with van der Waals surface area (Å²) in [5.41, 5.74) is 0.117. The van der Waals surface area contributed by atoms with E-state index in [2.05, 4.69) is 5.32 Å². The van der Waals surface area contributed by atoms with Gasteiger partial charge in [-0.1, -0.05) is 44.5 Å². The summed E-state index contributed by atoms with van der Waals surface area (Å²) in [6.07, 6.45) is 0. The zero-order valence-corrected chi connectivity index (χ0v) is 15.1. The average molecular weight is 355 g/mol. The molecule has 0 aromatic heterocycles. The van der Waals surface area contributed by atoms with Crippen LogP contribution in [-0.2, 0) is 20.9 Å². The monoisotopic (exact) mass is 354 g/mol. The molecule has 6 nitrogen and oxygen atoms in total. The number of carbonyl (C=O) groups excluding carboxylic acids is 2. The van der Waals surface area contributed by atoms with Gasteiger partial charge in [-0.15, -0.1) is 0 Å². The van der Waals surface area contributed by atoms with Gasteiger partial charge in [-0.3, -0.25) is 14.4 Å². The number of halogens is 1. The molecule has 1 aromatic carbocycles. The quantitative estimate of drug-likeness (QED) is 0.820. The molecule has 1 rings (SSSR count). The van der Waals surface area contributed by atoms with Gasteiger partial charge >= 0.3 is 5.97 Å². The molecule has 0 fully saturated rings. The molecule has 24 heavy (non-hydrogen) atoms. The molecule has 2 N–H and O–H groups in total. The second-order valence-electron chi connectivity index (χ2n) is 6.66. The molecule has 0 aliphatic carbocycles. The van der Waals surface area contributed by atoms with E-state index in [0.717, 1.165) is 5.56 Å². The Bertz CT molecular complexity index is 608. The number of nitrogens with zero attached hydrogens (tertiary/aromatic N) is 1. The molecule has 0 bridgehead atoms. The lowest BCUT2D eigenvalue weighted by molar-refractivity contribution is -0.146. The van der Waals surface area contributed by atoms with E-state index in [0.29, 0.717) is 5.02 Å². The molecule has 2 amide bonds. The maximum atomic E-state index is 12.5. The van der Waals surface area contributed by atoms with Gasteiger partial charge in [-0.25, -0.2) is 0 Å². The minimum atomic E-state index is -1.12. The van der Waals surface area contributed by atoms with Crippen molar-refractivity contribution < 1.29 is 19.5 Å². The van der Waals surface area contributed by atoms with Crippen molar-refractivity contribution in [2.45, 2.75) is 40.3 Å². The Balaban J connectivity index is 2.86. The van der Waals surface area contributed by atoms with Gasteiger partial charge in [-0.2, -0.15) is 0 Å². The first-order chi connectivity index (χ1) is 11.0. The van der Waals surface area contributed by atoms with E-state index in [4.69, 9.17) is 16.7 Å². The van der Waals surface area contributed by atoms with Gasteiger partial charge in [0, 0.05) is 17.0 Å². The summed E-state index contributed by atoms with van der Waals surface area (Å²) in [6, 6.07) is 5.98. The summed E-state index contributed by atoms with van der Waals surface area (Å²) < 4.78 is 0. The number of amides is 2. The average Bonchev–Trinajstić information content (AvgIpc) is 2.46. The SMILES string of the molecule is CC(NC(=O)C(C)(C)C)C(=O)N(CC(=O)O)Cc1ccc(Cl)cc1. The largest absolute Gasteiger partial charge is 0.480 e. The number of benzene rings is 1. The Kier molecular flexibility index (Phi) is 6.78. The number of aliphatic carboxylic acids is 1. The van der Waals surface area contributed by atoms with Crippen molar-refractivity contribution in [2.75, 3.05) is 6.54 Å². The van der Waals surface area contributed by atoms with Gasteiger partial charge in [0.2, 0.25) is 11.8 Å². The molecule has 0 radical (unpaired) electrons. The van der Waals surface area contributed by atoms with Gasteiger partial charge in [-0.05, 0) is 24.6 Å². The topological polar surface area (TPSA) is 86.7 Å². The smallest absolute Gasteiger partial charge is 0.323 e. The first-order valence-corrected chi connectivity index (χ1v) is 7.94. The molecule has 0 aliphatic heterocycles. The van der Waals surface area contributed by atoms with Crippen molar-refractivity contribution >= 4 is 29.4 Å². The second kappa shape index (κ2) is 8.15. The summed E-state index contributed by atoms with van der Waals surface area (Å²) in [7, 11) is 0. The van der Waals surface area contributed by atoms with Crippen molar-refractivity contribution in [3.8, 4) is 0 Å². The number of carbonyl (C=O) groups is 3. The molecule has 0 heterocycles. The zero-order chi connectivity index (χ0) is 18.5. The Morgan fingerprint density at radius 3 is 2.21 bits per heavy atom. The maximum absolute atomic E-state index is 12.5. The number of rotatable bonds is 6. The van der Waals surface area contributed by atoms with Crippen molar-refractivity contribution in [1.29, 1.82) is 0 Å². The number of hydrogen-bond acceptors (Lipinski definition) is 3. The molecule has 0 saturated carbocycles. The fraction of sp³-hybridized carbons (Fsp3) is 0.471. The van der Waals surface area contributed by atoms with Crippen LogP contribution < -0.4 is 5.32 Å². The molecule has 7 heteroatoms. The van der Waals surface area contributed by atoms with Crippen molar-refractivity contribution in [2.24, 2.45) is 5.41 Å². The van der Waals surface area contributed by atoms with Crippen molar-refractivity contribution in [1.82, 2.24) is 10.2 Å². The second-order valence-corrected chi connectivity index (χ2v) is 7.10.